The summed E-state index contributed by atoms with van der Waals surface area (Å²) in [6.07, 6.45) is 4.56. The van der Waals surface area contributed by atoms with Gasteiger partial charge in [0.1, 0.15) is 0 Å². The van der Waals surface area contributed by atoms with Crippen LogP contribution >= 0.6 is 0 Å². The molecular weight excluding hydrogens is 322 g/mol. The molecule has 0 saturated heterocycles. The lowest BCUT2D eigenvalue weighted by Gasteiger charge is -2.27. The number of carbonyl (C=O) groups is 2. The molecule has 1 atom stereocenters. The Kier molecular flexibility index (Phi) is 4.67. The standard InChI is InChI=1S/C18H19N3O4/c1-20(2)9-10-21-15(12-5-7-19-8-6-12)14(17(23)18(21)24)16(22)13-4-3-11-25-13/h3-8,11,15,23H,9-10H2,1-2H3/t15-/m1/s1. The van der Waals surface area contributed by atoms with Crippen LogP contribution in [-0.2, 0) is 4.79 Å². The Labute approximate surface area is 145 Å². The Morgan fingerprint density at radius 1 is 1.32 bits per heavy atom. The molecule has 0 bridgehead atoms. The highest BCUT2D eigenvalue weighted by molar-refractivity contribution is 6.14. The highest BCUT2D eigenvalue weighted by atomic mass is 16.3. The van der Waals surface area contributed by atoms with E-state index in [4.69, 9.17) is 4.42 Å². The average molecular weight is 341 g/mol. The minimum Gasteiger partial charge on any atom is -0.503 e. The predicted molar refractivity (Wildman–Crippen MR) is 89.9 cm³/mol. The van der Waals surface area contributed by atoms with Crippen LogP contribution in [0.4, 0.5) is 0 Å². The second-order valence-electron chi connectivity index (χ2n) is 6.05. The first kappa shape index (κ1) is 16.9. The number of ketones is 1. The van der Waals surface area contributed by atoms with Crippen LogP contribution in [0.1, 0.15) is 22.2 Å². The summed E-state index contributed by atoms with van der Waals surface area (Å²) < 4.78 is 5.16. The number of Topliss-reactive ketones (excluding diaryl/α,β-unsaturated/α-hetero) is 1. The third kappa shape index (κ3) is 3.18. The van der Waals surface area contributed by atoms with Crippen LogP contribution in [0.25, 0.3) is 0 Å². The summed E-state index contributed by atoms with van der Waals surface area (Å²) in [5, 5.41) is 10.4. The van der Waals surface area contributed by atoms with E-state index in [1.807, 2.05) is 19.0 Å². The van der Waals surface area contributed by atoms with Crippen molar-refractivity contribution < 1.29 is 19.1 Å². The first-order valence-electron chi connectivity index (χ1n) is 7.87. The fourth-order valence-corrected chi connectivity index (χ4v) is 2.86. The summed E-state index contributed by atoms with van der Waals surface area (Å²) in [6.45, 7) is 0.973. The molecule has 2 aromatic heterocycles. The molecule has 0 unspecified atom stereocenters. The molecule has 1 aliphatic rings. The van der Waals surface area contributed by atoms with E-state index in [1.165, 1.54) is 17.2 Å². The normalized spacial score (nSPS) is 17.6. The van der Waals surface area contributed by atoms with Gasteiger partial charge < -0.3 is 19.3 Å². The molecule has 7 nitrogen and oxygen atoms in total. The van der Waals surface area contributed by atoms with Crippen LogP contribution in [-0.4, -0.2) is 58.8 Å². The van der Waals surface area contributed by atoms with E-state index in [9.17, 15) is 14.7 Å². The van der Waals surface area contributed by atoms with Crippen molar-refractivity contribution in [3.05, 3.63) is 65.6 Å². The van der Waals surface area contributed by atoms with Gasteiger partial charge in [0.25, 0.3) is 5.91 Å². The summed E-state index contributed by atoms with van der Waals surface area (Å²) in [5.41, 5.74) is 0.742. The molecule has 0 radical (unpaired) electrons. The number of carbonyl (C=O) groups excluding carboxylic acids is 2. The fourth-order valence-electron chi connectivity index (χ4n) is 2.86. The maximum Gasteiger partial charge on any atom is 0.290 e. The van der Waals surface area contributed by atoms with Crippen molar-refractivity contribution >= 4 is 11.7 Å². The first-order chi connectivity index (χ1) is 12.0. The highest BCUT2D eigenvalue weighted by Crippen LogP contribution is 2.38. The van der Waals surface area contributed by atoms with Gasteiger partial charge in [-0.05, 0) is 43.9 Å². The number of likely N-dealkylation sites (N-methyl/N-ethyl adjacent to an activating group) is 1. The van der Waals surface area contributed by atoms with E-state index in [0.717, 1.165) is 0 Å². The van der Waals surface area contributed by atoms with E-state index >= 15 is 0 Å². The zero-order valence-corrected chi connectivity index (χ0v) is 14.0. The summed E-state index contributed by atoms with van der Waals surface area (Å²) in [4.78, 5) is 32.8. The maximum atomic E-state index is 12.8. The molecule has 25 heavy (non-hydrogen) atoms. The Hall–Kier alpha value is -2.93. The van der Waals surface area contributed by atoms with Crippen LogP contribution in [0, 0.1) is 0 Å². The quantitative estimate of drug-likeness (QED) is 0.807. The molecular formula is C18H19N3O4. The molecule has 0 fully saturated rings. The second kappa shape index (κ2) is 6.90. The van der Waals surface area contributed by atoms with E-state index in [1.54, 1.807) is 30.6 Å². The minimum atomic E-state index is -0.673. The number of rotatable bonds is 6. The second-order valence-corrected chi connectivity index (χ2v) is 6.05. The molecule has 0 aliphatic carbocycles. The van der Waals surface area contributed by atoms with Gasteiger partial charge in [0.15, 0.2) is 11.5 Å². The lowest BCUT2D eigenvalue weighted by Crippen LogP contribution is -2.36. The van der Waals surface area contributed by atoms with Crippen LogP contribution in [0.15, 0.2) is 58.7 Å². The van der Waals surface area contributed by atoms with Crippen molar-refractivity contribution in [2.75, 3.05) is 27.2 Å². The topological polar surface area (TPSA) is 86.9 Å². The summed E-state index contributed by atoms with van der Waals surface area (Å²) >= 11 is 0. The van der Waals surface area contributed by atoms with Gasteiger partial charge in [0.05, 0.1) is 17.9 Å². The zero-order chi connectivity index (χ0) is 18.0. The van der Waals surface area contributed by atoms with Gasteiger partial charge in [0.2, 0.25) is 5.78 Å². The van der Waals surface area contributed by atoms with Gasteiger partial charge >= 0.3 is 0 Å². The number of aliphatic hydroxyl groups is 1. The largest absolute Gasteiger partial charge is 0.503 e. The van der Waals surface area contributed by atoms with E-state index < -0.39 is 23.5 Å². The van der Waals surface area contributed by atoms with Crippen molar-refractivity contribution in [1.82, 2.24) is 14.8 Å². The van der Waals surface area contributed by atoms with Gasteiger partial charge in [-0.25, -0.2) is 0 Å². The molecule has 1 amide bonds. The van der Waals surface area contributed by atoms with Crippen LogP contribution in [0.3, 0.4) is 0 Å². The molecule has 3 rings (SSSR count). The smallest absolute Gasteiger partial charge is 0.290 e. The van der Waals surface area contributed by atoms with E-state index in [-0.39, 0.29) is 11.3 Å². The van der Waals surface area contributed by atoms with E-state index in [0.29, 0.717) is 18.7 Å². The van der Waals surface area contributed by atoms with Gasteiger partial charge in [-0.1, -0.05) is 0 Å². The van der Waals surface area contributed by atoms with Crippen LogP contribution < -0.4 is 0 Å². The number of aliphatic hydroxyl groups excluding tert-OH is 1. The van der Waals surface area contributed by atoms with Gasteiger partial charge in [0, 0.05) is 25.5 Å². The Morgan fingerprint density at radius 2 is 2.04 bits per heavy atom. The third-order valence-corrected chi connectivity index (χ3v) is 4.10. The lowest BCUT2D eigenvalue weighted by molar-refractivity contribution is -0.129. The minimum absolute atomic E-state index is 0.0323. The Morgan fingerprint density at radius 3 is 2.64 bits per heavy atom. The van der Waals surface area contributed by atoms with Crippen LogP contribution in [0.5, 0.6) is 0 Å². The number of pyridine rings is 1. The predicted octanol–water partition coefficient (Wildman–Crippen LogP) is 1.81. The SMILES string of the molecule is CN(C)CCN1C(=O)C(O)=C(C(=O)c2ccco2)[C@H]1c1ccncc1. The summed E-state index contributed by atoms with van der Waals surface area (Å²) in [7, 11) is 3.79. The monoisotopic (exact) mass is 341 g/mol. The Balaban J connectivity index is 2.04. The number of hydrogen-bond acceptors (Lipinski definition) is 6. The van der Waals surface area contributed by atoms with Crippen molar-refractivity contribution in [2.45, 2.75) is 6.04 Å². The lowest BCUT2D eigenvalue weighted by atomic mass is 9.96. The molecule has 0 saturated carbocycles. The number of furan rings is 1. The molecule has 7 heteroatoms. The average Bonchev–Trinajstić information content (AvgIpc) is 3.22. The molecule has 0 aromatic carbocycles. The van der Waals surface area contributed by atoms with Gasteiger partial charge in [-0.15, -0.1) is 0 Å². The van der Waals surface area contributed by atoms with Crippen molar-refractivity contribution in [3.8, 4) is 0 Å². The number of aromatic nitrogens is 1. The molecule has 3 heterocycles. The molecule has 130 valence electrons. The van der Waals surface area contributed by atoms with Crippen molar-refractivity contribution in [2.24, 2.45) is 0 Å². The summed E-state index contributed by atoms with van der Waals surface area (Å²) in [6, 6.07) is 5.89. The number of nitrogens with zero attached hydrogens (tertiary/aromatic N) is 3. The fraction of sp³-hybridized carbons (Fsp3) is 0.278. The van der Waals surface area contributed by atoms with Crippen molar-refractivity contribution in [1.29, 1.82) is 0 Å². The zero-order valence-electron chi connectivity index (χ0n) is 14.0. The number of hydrogen-bond donors (Lipinski definition) is 1. The van der Waals surface area contributed by atoms with Gasteiger partial charge in [-0.2, -0.15) is 0 Å². The third-order valence-electron chi connectivity index (χ3n) is 4.10. The molecule has 1 N–H and O–H groups in total. The molecule has 2 aromatic rings. The van der Waals surface area contributed by atoms with Crippen LogP contribution in [0.2, 0.25) is 0 Å². The van der Waals surface area contributed by atoms with Crippen molar-refractivity contribution in [3.63, 3.8) is 0 Å². The molecule has 0 spiro atoms. The first-order valence-corrected chi connectivity index (χ1v) is 7.87. The summed E-state index contributed by atoms with van der Waals surface area (Å²) in [5.74, 6) is -1.49. The van der Waals surface area contributed by atoms with E-state index in [2.05, 4.69) is 4.98 Å². The molecule has 1 aliphatic heterocycles. The maximum absolute atomic E-state index is 12.8. The Bertz CT molecular complexity index is 797. The number of amides is 1. The highest BCUT2D eigenvalue weighted by Gasteiger charge is 2.44. The van der Waals surface area contributed by atoms with Gasteiger partial charge in [-0.3, -0.25) is 14.6 Å².